The number of nitrogens with one attached hydrogen (secondary N) is 1. The van der Waals surface area contributed by atoms with Gasteiger partial charge in [0.05, 0.1) is 0 Å². The normalized spacial score (nSPS) is 21.8. The van der Waals surface area contributed by atoms with Crippen molar-refractivity contribution in [1.82, 2.24) is 14.8 Å². The van der Waals surface area contributed by atoms with Gasteiger partial charge in [0.2, 0.25) is 5.91 Å². The smallest absolute Gasteiger partial charge is 0.270 e. The summed E-state index contributed by atoms with van der Waals surface area (Å²) in [5.74, 6) is -0.0979. The largest absolute Gasteiger partial charge is 0.333 e. The Morgan fingerprint density at radius 1 is 1.19 bits per heavy atom. The topological polar surface area (TPSA) is 73.5 Å². The number of fused-ring (bicyclic) bond motifs is 3. The van der Waals surface area contributed by atoms with Crippen molar-refractivity contribution in [3.63, 3.8) is 0 Å². The highest BCUT2D eigenvalue weighted by Gasteiger charge is 2.43. The molecule has 0 saturated carbocycles. The molecule has 2 aromatic rings. The molecule has 2 atom stereocenters. The summed E-state index contributed by atoms with van der Waals surface area (Å²) in [5, 5.41) is 1.33. The highest BCUT2D eigenvalue weighted by molar-refractivity contribution is 5.96. The molecule has 2 aliphatic rings. The number of pyridine rings is 1. The molecule has 26 heavy (non-hydrogen) atoms. The second-order valence-electron chi connectivity index (χ2n) is 6.99. The number of nitrogens with zero attached hydrogens (tertiary/aromatic N) is 2. The average Bonchev–Trinajstić information content (AvgIpc) is 2.91. The van der Waals surface area contributed by atoms with Crippen LogP contribution in [0.15, 0.2) is 47.8 Å². The Morgan fingerprint density at radius 3 is 2.58 bits per heavy atom. The Bertz CT molecular complexity index is 935. The summed E-state index contributed by atoms with van der Waals surface area (Å²) in [6, 6.07) is 9.06. The zero-order chi connectivity index (χ0) is 18.3. The van der Waals surface area contributed by atoms with Crippen LogP contribution in [0.1, 0.15) is 29.8 Å². The number of H-pyrrole nitrogens is 1. The average molecular weight is 351 g/mol. The first kappa shape index (κ1) is 16.6. The van der Waals surface area contributed by atoms with E-state index in [2.05, 4.69) is 11.6 Å². The molecule has 0 spiro atoms. The van der Waals surface area contributed by atoms with Crippen LogP contribution in [0.5, 0.6) is 0 Å². The van der Waals surface area contributed by atoms with Gasteiger partial charge in [0.15, 0.2) is 0 Å². The first-order valence-electron chi connectivity index (χ1n) is 8.92. The van der Waals surface area contributed by atoms with Gasteiger partial charge in [-0.3, -0.25) is 14.4 Å². The van der Waals surface area contributed by atoms with Crippen molar-refractivity contribution in [2.75, 3.05) is 13.1 Å². The van der Waals surface area contributed by atoms with E-state index in [9.17, 15) is 14.4 Å². The molecule has 2 unspecified atom stereocenters. The van der Waals surface area contributed by atoms with Crippen LogP contribution in [0.25, 0.3) is 10.8 Å². The Balaban J connectivity index is 1.58. The van der Waals surface area contributed by atoms with Crippen molar-refractivity contribution in [3.05, 3.63) is 59.0 Å². The molecule has 0 radical (unpaired) electrons. The lowest BCUT2D eigenvalue weighted by Gasteiger charge is -2.41. The summed E-state index contributed by atoms with van der Waals surface area (Å²) < 4.78 is 0. The van der Waals surface area contributed by atoms with Crippen molar-refractivity contribution < 1.29 is 9.59 Å². The van der Waals surface area contributed by atoms with Gasteiger partial charge < -0.3 is 14.8 Å². The van der Waals surface area contributed by atoms with Gasteiger partial charge >= 0.3 is 0 Å². The van der Waals surface area contributed by atoms with Gasteiger partial charge in [-0.25, -0.2) is 0 Å². The monoisotopic (exact) mass is 351 g/mol. The summed E-state index contributed by atoms with van der Waals surface area (Å²) in [5.41, 5.74) is 0.0492. The molecule has 1 N–H and O–H groups in total. The molecule has 6 nitrogen and oxygen atoms in total. The predicted molar refractivity (Wildman–Crippen MR) is 98.9 cm³/mol. The number of carbonyl (C=O) groups excluding carboxylic acids is 2. The molecule has 0 aliphatic carbocycles. The minimum absolute atomic E-state index is 0.0531. The first-order chi connectivity index (χ1) is 12.6. The third-order valence-electron chi connectivity index (χ3n) is 5.36. The SMILES string of the molecule is C=CCC(=O)N1C2CCC1CN(C(=O)c1cc3ccccc3c(=O)[nH]1)C2. The number of hydrogen-bond donors (Lipinski definition) is 1. The molecule has 134 valence electrons. The fourth-order valence-electron chi connectivity index (χ4n) is 4.20. The second kappa shape index (κ2) is 6.44. The van der Waals surface area contributed by atoms with Gasteiger partial charge in [0, 0.05) is 37.0 Å². The van der Waals surface area contributed by atoms with E-state index in [0.717, 1.165) is 18.2 Å². The number of aromatic nitrogens is 1. The van der Waals surface area contributed by atoms with Crippen molar-refractivity contribution in [1.29, 1.82) is 0 Å². The number of likely N-dealkylation sites (tertiary alicyclic amines) is 1. The van der Waals surface area contributed by atoms with Crippen LogP contribution in [0.2, 0.25) is 0 Å². The Kier molecular flexibility index (Phi) is 4.11. The number of piperazine rings is 1. The molecule has 2 fully saturated rings. The Morgan fingerprint density at radius 2 is 1.88 bits per heavy atom. The predicted octanol–water partition coefficient (Wildman–Crippen LogP) is 1.92. The van der Waals surface area contributed by atoms with E-state index in [-0.39, 0.29) is 29.5 Å². The lowest BCUT2D eigenvalue weighted by atomic mass is 10.1. The zero-order valence-corrected chi connectivity index (χ0v) is 14.5. The van der Waals surface area contributed by atoms with Gasteiger partial charge in [-0.2, -0.15) is 0 Å². The number of amides is 2. The van der Waals surface area contributed by atoms with E-state index in [1.165, 1.54) is 0 Å². The summed E-state index contributed by atoms with van der Waals surface area (Å²) in [6.45, 7) is 4.65. The van der Waals surface area contributed by atoms with E-state index in [0.29, 0.717) is 30.6 Å². The van der Waals surface area contributed by atoms with Gasteiger partial charge in [-0.05, 0) is 30.4 Å². The molecule has 2 amide bonds. The number of aromatic amines is 1. The van der Waals surface area contributed by atoms with Crippen LogP contribution in [0.4, 0.5) is 0 Å². The molecule has 1 aromatic carbocycles. The molecule has 4 rings (SSSR count). The number of rotatable bonds is 3. The summed E-state index contributed by atoms with van der Waals surface area (Å²) in [4.78, 5) is 43.9. The molecule has 2 aliphatic heterocycles. The maximum Gasteiger partial charge on any atom is 0.270 e. The van der Waals surface area contributed by atoms with Crippen LogP contribution in [-0.2, 0) is 4.79 Å². The molecular formula is C20H21N3O3. The molecule has 3 heterocycles. The van der Waals surface area contributed by atoms with Gasteiger partial charge in [-0.15, -0.1) is 6.58 Å². The first-order valence-corrected chi connectivity index (χ1v) is 8.92. The lowest BCUT2D eigenvalue weighted by molar-refractivity contribution is -0.135. The van der Waals surface area contributed by atoms with Gasteiger partial charge in [0.25, 0.3) is 11.5 Å². The molecule has 6 heteroatoms. The third kappa shape index (κ3) is 2.71. The van der Waals surface area contributed by atoms with Crippen molar-refractivity contribution in [3.8, 4) is 0 Å². The third-order valence-corrected chi connectivity index (χ3v) is 5.36. The summed E-state index contributed by atoms with van der Waals surface area (Å²) in [6.07, 6.45) is 3.77. The molecular weight excluding hydrogens is 330 g/mol. The van der Waals surface area contributed by atoms with Gasteiger partial charge in [0.1, 0.15) is 5.69 Å². The van der Waals surface area contributed by atoms with Crippen LogP contribution in [0, 0.1) is 0 Å². The standard InChI is InChI=1S/C20H21N3O3/c1-2-5-18(24)23-14-8-9-15(23)12-22(11-14)20(26)17-10-13-6-3-4-7-16(13)19(25)21-17/h2-4,6-7,10,14-15H,1,5,8-9,11-12H2,(H,21,25). The molecule has 2 saturated heterocycles. The van der Waals surface area contributed by atoms with Crippen molar-refractivity contribution >= 4 is 22.6 Å². The number of hydrogen-bond acceptors (Lipinski definition) is 3. The maximum absolute atomic E-state index is 13.0. The summed E-state index contributed by atoms with van der Waals surface area (Å²) in [7, 11) is 0. The van der Waals surface area contributed by atoms with Crippen LogP contribution < -0.4 is 5.56 Å². The number of carbonyl (C=O) groups is 2. The minimum atomic E-state index is -0.255. The minimum Gasteiger partial charge on any atom is -0.333 e. The van der Waals surface area contributed by atoms with E-state index in [4.69, 9.17) is 0 Å². The van der Waals surface area contributed by atoms with E-state index in [1.807, 2.05) is 17.0 Å². The maximum atomic E-state index is 13.0. The molecule has 1 aromatic heterocycles. The van der Waals surface area contributed by atoms with E-state index >= 15 is 0 Å². The quantitative estimate of drug-likeness (QED) is 0.859. The van der Waals surface area contributed by atoms with Crippen molar-refractivity contribution in [2.24, 2.45) is 0 Å². The highest BCUT2D eigenvalue weighted by Crippen LogP contribution is 2.31. The lowest BCUT2D eigenvalue weighted by Crippen LogP contribution is -2.57. The van der Waals surface area contributed by atoms with Gasteiger partial charge in [-0.1, -0.05) is 24.3 Å². The Hall–Kier alpha value is -2.89. The summed E-state index contributed by atoms with van der Waals surface area (Å²) >= 11 is 0. The van der Waals surface area contributed by atoms with Crippen LogP contribution in [0.3, 0.4) is 0 Å². The fraction of sp³-hybridized carbons (Fsp3) is 0.350. The van der Waals surface area contributed by atoms with E-state index < -0.39 is 0 Å². The molecule has 2 bridgehead atoms. The fourth-order valence-corrected chi connectivity index (χ4v) is 4.20. The van der Waals surface area contributed by atoms with Crippen molar-refractivity contribution in [2.45, 2.75) is 31.3 Å². The van der Waals surface area contributed by atoms with Crippen LogP contribution >= 0.6 is 0 Å². The zero-order valence-electron chi connectivity index (χ0n) is 14.5. The van der Waals surface area contributed by atoms with Crippen LogP contribution in [-0.4, -0.2) is 51.8 Å². The Labute approximate surface area is 151 Å². The highest BCUT2D eigenvalue weighted by atomic mass is 16.2. The second-order valence-corrected chi connectivity index (χ2v) is 6.99. The number of benzene rings is 1. The van der Waals surface area contributed by atoms with E-state index in [1.54, 1.807) is 29.2 Å².